The Morgan fingerprint density at radius 1 is 1.12 bits per heavy atom. The molecule has 0 spiro atoms. The molecule has 4 heterocycles. The van der Waals surface area contributed by atoms with Crippen LogP contribution in [0.2, 0.25) is 5.02 Å². The van der Waals surface area contributed by atoms with Crippen LogP contribution in [0, 0.1) is 0 Å². The molecule has 1 N–H and O–H groups in total. The molecule has 5 rings (SSSR count). The molecule has 2 atom stereocenters. The number of rotatable bonds is 6. The van der Waals surface area contributed by atoms with E-state index in [2.05, 4.69) is 32.1 Å². The van der Waals surface area contributed by atoms with E-state index in [0.29, 0.717) is 18.7 Å². The molecule has 8 nitrogen and oxygen atoms in total. The average Bonchev–Trinajstić information content (AvgIpc) is 3.49. The Morgan fingerprint density at radius 2 is 1.85 bits per heavy atom. The van der Waals surface area contributed by atoms with Crippen LogP contribution < -0.4 is 20.0 Å². The van der Waals surface area contributed by atoms with E-state index in [0.717, 1.165) is 79.4 Å². The number of hydrogen-bond acceptors (Lipinski definition) is 7. The Morgan fingerprint density at radius 3 is 2.59 bits per heavy atom. The zero-order chi connectivity index (χ0) is 23.7. The maximum Gasteiger partial charge on any atom is 0.227 e. The van der Waals surface area contributed by atoms with E-state index in [1.54, 1.807) is 0 Å². The van der Waals surface area contributed by atoms with Gasteiger partial charge in [-0.05, 0) is 37.1 Å². The number of halogens is 1. The van der Waals surface area contributed by atoms with Crippen molar-refractivity contribution >= 4 is 45.8 Å². The summed E-state index contributed by atoms with van der Waals surface area (Å²) in [5.41, 5.74) is 2.09. The number of aromatic nitrogens is 2. The maximum atomic E-state index is 12.9. The van der Waals surface area contributed by atoms with Crippen LogP contribution in [0.3, 0.4) is 0 Å². The molecule has 0 saturated carbocycles. The molecule has 1 amide bonds. The fourth-order valence-electron chi connectivity index (χ4n) is 5.00. The molecule has 10 heteroatoms. The minimum Gasteiger partial charge on any atom is -0.368 e. The van der Waals surface area contributed by atoms with Gasteiger partial charge < -0.3 is 20.0 Å². The summed E-state index contributed by atoms with van der Waals surface area (Å²) in [7, 11) is -1.07. The fraction of sp³-hybridized carbons (Fsp3) is 0.542. The van der Waals surface area contributed by atoms with Gasteiger partial charge in [0.25, 0.3) is 0 Å². The number of piperazine rings is 1. The molecule has 1 unspecified atom stereocenters. The van der Waals surface area contributed by atoms with E-state index in [9.17, 15) is 9.00 Å². The zero-order valence-corrected chi connectivity index (χ0v) is 21.1. The van der Waals surface area contributed by atoms with Crippen LogP contribution in [-0.4, -0.2) is 71.1 Å². The lowest BCUT2D eigenvalue weighted by atomic mass is 10.2. The number of aryl methyl sites for hydroxylation is 1. The molecule has 0 bridgehead atoms. The summed E-state index contributed by atoms with van der Waals surface area (Å²) in [6.07, 6.45) is 3.23. The second-order valence-electron chi connectivity index (χ2n) is 9.02. The molecule has 0 radical (unpaired) electrons. The van der Waals surface area contributed by atoms with Crippen molar-refractivity contribution in [2.45, 2.75) is 43.5 Å². The van der Waals surface area contributed by atoms with Crippen molar-refractivity contribution in [2.24, 2.45) is 0 Å². The van der Waals surface area contributed by atoms with Crippen LogP contribution in [-0.2, 0) is 22.0 Å². The third-order valence-corrected chi connectivity index (χ3v) is 8.62. The predicted octanol–water partition coefficient (Wildman–Crippen LogP) is 2.62. The number of carbonyl (C=O) groups is 1. The molecule has 34 heavy (non-hydrogen) atoms. The van der Waals surface area contributed by atoms with Crippen molar-refractivity contribution in [1.29, 1.82) is 0 Å². The Labute approximate surface area is 208 Å². The van der Waals surface area contributed by atoms with Gasteiger partial charge in [-0.1, -0.05) is 18.5 Å². The van der Waals surface area contributed by atoms with Crippen LogP contribution in [0.25, 0.3) is 0 Å². The second kappa shape index (κ2) is 10.1. The highest BCUT2D eigenvalue weighted by molar-refractivity contribution is 7.85. The van der Waals surface area contributed by atoms with E-state index in [1.807, 2.05) is 19.1 Å². The SMILES string of the molecule is CCC(=O)NCC1CCCN1c1nc(N2CCN(c3ccc(Cl)cc3)CC2)nc2c1[S@@](=O)CC2. The van der Waals surface area contributed by atoms with E-state index < -0.39 is 10.8 Å². The summed E-state index contributed by atoms with van der Waals surface area (Å²) < 4.78 is 12.9. The van der Waals surface area contributed by atoms with Gasteiger partial charge in [-0.25, -0.2) is 4.98 Å². The number of fused-ring (bicyclic) bond motifs is 1. The Kier molecular flexibility index (Phi) is 6.92. The third kappa shape index (κ3) is 4.73. The first-order valence-electron chi connectivity index (χ1n) is 12.1. The summed E-state index contributed by atoms with van der Waals surface area (Å²) in [5, 5.41) is 3.77. The third-order valence-electron chi connectivity index (χ3n) is 6.92. The molecule has 0 aliphatic carbocycles. The normalized spacial score (nSPS) is 22.2. The van der Waals surface area contributed by atoms with Gasteiger partial charge in [-0.15, -0.1) is 0 Å². The first-order chi connectivity index (χ1) is 16.5. The molecule has 1 aromatic heterocycles. The number of amides is 1. The molecule has 1 aromatic carbocycles. The van der Waals surface area contributed by atoms with Crippen molar-refractivity contribution in [1.82, 2.24) is 15.3 Å². The summed E-state index contributed by atoms with van der Waals surface area (Å²) in [6, 6.07) is 8.13. The van der Waals surface area contributed by atoms with Gasteiger partial charge in [0.1, 0.15) is 4.90 Å². The van der Waals surface area contributed by atoms with Crippen LogP contribution in [0.1, 0.15) is 31.9 Å². The van der Waals surface area contributed by atoms with Crippen molar-refractivity contribution in [2.75, 3.05) is 59.7 Å². The average molecular weight is 503 g/mol. The van der Waals surface area contributed by atoms with E-state index in [-0.39, 0.29) is 11.9 Å². The summed E-state index contributed by atoms with van der Waals surface area (Å²) in [5.74, 6) is 2.20. The molecule has 2 saturated heterocycles. The largest absolute Gasteiger partial charge is 0.368 e. The summed E-state index contributed by atoms with van der Waals surface area (Å²) in [4.78, 5) is 29.4. The monoisotopic (exact) mass is 502 g/mol. The van der Waals surface area contributed by atoms with Crippen molar-refractivity contribution in [3.8, 4) is 0 Å². The highest BCUT2D eigenvalue weighted by Gasteiger charge is 2.35. The number of benzene rings is 1. The lowest BCUT2D eigenvalue weighted by Gasteiger charge is -2.37. The standard InChI is InChI=1S/C24H31ClN6O2S/c1-2-21(32)26-16-19-4-3-10-31(19)23-22-20(9-15-34(22)33)27-24(28-23)30-13-11-29(12-14-30)18-7-5-17(25)6-8-18/h5-8,19H,2-4,9-16H2,1H3,(H,26,32)/t19?,34-/m0/s1. The first-order valence-corrected chi connectivity index (χ1v) is 13.8. The maximum absolute atomic E-state index is 12.9. The number of nitrogens with one attached hydrogen (secondary N) is 1. The van der Waals surface area contributed by atoms with Crippen LogP contribution in [0.5, 0.6) is 0 Å². The lowest BCUT2D eigenvalue weighted by molar-refractivity contribution is -0.120. The number of nitrogens with zero attached hydrogens (tertiary/aromatic N) is 5. The second-order valence-corrected chi connectivity index (χ2v) is 11.0. The van der Waals surface area contributed by atoms with E-state index in [1.165, 1.54) is 5.69 Å². The van der Waals surface area contributed by atoms with Crippen LogP contribution >= 0.6 is 11.6 Å². The smallest absolute Gasteiger partial charge is 0.227 e. The number of hydrogen-bond donors (Lipinski definition) is 1. The molecule has 2 fully saturated rings. The topological polar surface area (TPSA) is 81.7 Å². The van der Waals surface area contributed by atoms with E-state index >= 15 is 0 Å². The van der Waals surface area contributed by atoms with Gasteiger partial charge in [0.05, 0.1) is 16.5 Å². The Bertz CT molecular complexity index is 1070. The number of carbonyl (C=O) groups excluding carboxylic acids is 1. The summed E-state index contributed by atoms with van der Waals surface area (Å²) in [6.45, 7) is 6.70. The zero-order valence-electron chi connectivity index (χ0n) is 19.5. The van der Waals surface area contributed by atoms with E-state index in [4.69, 9.17) is 21.6 Å². The molecule has 182 valence electrons. The fourth-order valence-corrected chi connectivity index (χ4v) is 6.49. The van der Waals surface area contributed by atoms with Crippen LogP contribution in [0.4, 0.5) is 17.5 Å². The lowest BCUT2D eigenvalue weighted by Crippen LogP contribution is -2.47. The van der Waals surface area contributed by atoms with Crippen molar-refractivity contribution in [3.05, 3.63) is 35.0 Å². The van der Waals surface area contributed by atoms with Crippen LogP contribution in [0.15, 0.2) is 29.2 Å². The van der Waals surface area contributed by atoms with Gasteiger partial charge in [-0.3, -0.25) is 9.00 Å². The minimum atomic E-state index is -1.07. The Balaban J connectivity index is 1.36. The molecule has 3 aliphatic heterocycles. The predicted molar refractivity (Wildman–Crippen MR) is 137 cm³/mol. The molecule has 2 aromatic rings. The highest BCUT2D eigenvalue weighted by atomic mass is 35.5. The molecular formula is C24H31ClN6O2S. The van der Waals surface area contributed by atoms with Gasteiger partial charge in [0.15, 0.2) is 5.82 Å². The van der Waals surface area contributed by atoms with Gasteiger partial charge in [0, 0.05) is 74.6 Å². The highest BCUT2D eigenvalue weighted by Crippen LogP contribution is 2.36. The van der Waals surface area contributed by atoms with Gasteiger partial charge in [-0.2, -0.15) is 4.98 Å². The quantitative estimate of drug-likeness (QED) is 0.650. The minimum absolute atomic E-state index is 0.0580. The molecular weight excluding hydrogens is 472 g/mol. The van der Waals surface area contributed by atoms with Gasteiger partial charge in [0.2, 0.25) is 11.9 Å². The Hall–Kier alpha value is -2.39. The summed E-state index contributed by atoms with van der Waals surface area (Å²) >= 11 is 6.04. The van der Waals surface area contributed by atoms with Gasteiger partial charge >= 0.3 is 0 Å². The van der Waals surface area contributed by atoms with Crippen molar-refractivity contribution in [3.63, 3.8) is 0 Å². The molecule has 3 aliphatic rings. The van der Waals surface area contributed by atoms with Crippen molar-refractivity contribution < 1.29 is 9.00 Å². The number of anilines is 3. The first kappa shape index (κ1) is 23.4.